The lowest BCUT2D eigenvalue weighted by molar-refractivity contribution is 0.0690. The third-order valence-corrected chi connectivity index (χ3v) is 3.50. The average Bonchev–Trinajstić information content (AvgIpc) is 2.69. The van der Waals surface area contributed by atoms with Gasteiger partial charge in [0, 0.05) is 24.8 Å². The van der Waals surface area contributed by atoms with Crippen molar-refractivity contribution in [3.63, 3.8) is 0 Å². The molecule has 18 heavy (non-hydrogen) atoms. The third-order valence-electron chi connectivity index (χ3n) is 3.50. The van der Waals surface area contributed by atoms with Crippen LogP contribution in [0.4, 0.5) is 0 Å². The van der Waals surface area contributed by atoms with Gasteiger partial charge in [0.15, 0.2) is 0 Å². The highest BCUT2D eigenvalue weighted by molar-refractivity contribution is 5.96. The van der Waals surface area contributed by atoms with Gasteiger partial charge in [-0.05, 0) is 24.0 Å². The molecule has 0 radical (unpaired) electrons. The second-order valence-corrected chi connectivity index (χ2v) is 4.90. The van der Waals surface area contributed by atoms with Crippen LogP contribution in [-0.2, 0) is 0 Å². The van der Waals surface area contributed by atoms with Gasteiger partial charge >= 0.3 is 5.97 Å². The SMILES string of the molecule is CC1CN(C(=O)c2ccnc(C(=O)O)c2)CC1C. The molecular weight excluding hydrogens is 232 g/mol. The average molecular weight is 248 g/mol. The fourth-order valence-electron chi connectivity index (χ4n) is 2.16. The van der Waals surface area contributed by atoms with Crippen LogP contribution in [0.5, 0.6) is 0 Å². The van der Waals surface area contributed by atoms with E-state index in [1.54, 1.807) is 11.0 Å². The minimum Gasteiger partial charge on any atom is -0.477 e. The Morgan fingerprint density at radius 3 is 2.50 bits per heavy atom. The maximum atomic E-state index is 12.2. The highest BCUT2D eigenvalue weighted by Crippen LogP contribution is 2.23. The first-order valence-corrected chi connectivity index (χ1v) is 5.97. The molecule has 2 unspecified atom stereocenters. The van der Waals surface area contributed by atoms with Gasteiger partial charge < -0.3 is 10.0 Å². The Balaban J connectivity index is 2.19. The summed E-state index contributed by atoms with van der Waals surface area (Å²) in [7, 11) is 0. The van der Waals surface area contributed by atoms with Crippen molar-refractivity contribution in [3.05, 3.63) is 29.6 Å². The summed E-state index contributed by atoms with van der Waals surface area (Å²) in [4.78, 5) is 28.5. The van der Waals surface area contributed by atoms with Crippen LogP contribution in [0.1, 0.15) is 34.7 Å². The van der Waals surface area contributed by atoms with E-state index in [2.05, 4.69) is 18.8 Å². The molecule has 0 spiro atoms. The molecule has 2 atom stereocenters. The lowest BCUT2D eigenvalue weighted by Crippen LogP contribution is -2.29. The molecular formula is C13H16N2O3. The Labute approximate surface area is 105 Å². The van der Waals surface area contributed by atoms with Crippen LogP contribution < -0.4 is 0 Å². The fourth-order valence-corrected chi connectivity index (χ4v) is 2.16. The summed E-state index contributed by atoms with van der Waals surface area (Å²) in [5.74, 6) is -0.270. The smallest absolute Gasteiger partial charge is 0.354 e. The van der Waals surface area contributed by atoms with Crippen LogP contribution in [0.15, 0.2) is 18.3 Å². The van der Waals surface area contributed by atoms with E-state index in [0.29, 0.717) is 17.4 Å². The van der Waals surface area contributed by atoms with Crippen LogP contribution in [0.2, 0.25) is 0 Å². The first kappa shape index (κ1) is 12.5. The predicted molar refractivity (Wildman–Crippen MR) is 65.4 cm³/mol. The molecule has 0 aliphatic carbocycles. The van der Waals surface area contributed by atoms with Gasteiger partial charge in [-0.3, -0.25) is 4.79 Å². The second kappa shape index (κ2) is 4.76. The van der Waals surface area contributed by atoms with Crippen LogP contribution in [-0.4, -0.2) is 40.0 Å². The first-order chi connectivity index (χ1) is 8.49. The molecule has 1 saturated heterocycles. The van der Waals surface area contributed by atoms with Crippen molar-refractivity contribution >= 4 is 11.9 Å². The van der Waals surface area contributed by atoms with Crippen molar-refractivity contribution in [1.29, 1.82) is 0 Å². The lowest BCUT2D eigenvalue weighted by atomic mass is 10.0. The molecule has 1 aromatic heterocycles. The Bertz CT molecular complexity index is 477. The zero-order valence-corrected chi connectivity index (χ0v) is 10.5. The molecule has 5 heteroatoms. The van der Waals surface area contributed by atoms with Crippen molar-refractivity contribution in [3.8, 4) is 0 Å². The van der Waals surface area contributed by atoms with Gasteiger partial charge in [0.25, 0.3) is 5.91 Å². The maximum absolute atomic E-state index is 12.2. The number of carbonyl (C=O) groups is 2. The van der Waals surface area contributed by atoms with Crippen LogP contribution in [0.25, 0.3) is 0 Å². The van der Waals surface area contributed by atoms with E-state index >= 15 is 0 Å². The second-order valence-electron chi connectivity index (χ2n) is 4.90. The van der Waals surface area contributed by atoms with Gasteiger partial charge in [0.05, 0.1) is 0 Å². The molecule has 0 saturated carbocycles. The number of pyridine rings is 1. The standard InChI is InChI=1S/C13H16N2O3/c1-8-6-15(7-9(8)2)12(16)10-3-4-14-11(5-10)13(17)18/h3-5,8-9H,6-7H2,1-2H3,(H,17,18). The van der Waals surface area contributed by atoms with Gasteiger partial charge in [-0.25, -0.2) is 9.78 Å². The number of nitrogens with zero attached hydrogens (tertiary/aromatic N) is 2. The molecule has 1 aliphatic heterocycles. The zero-order chi connectivity index (χ0) is 13.3. The van der Waals surface area contributed by atoms with E-state index in [0.717, 1.165) is 13.1 Å². The van der Waals surface area contributed by atoms with E-state index in [9.17, 15) is 9.59 Å². The third kappa shape index (κ3) is 2.34. The molecule has 1 fully saturated rings. The molecule has 1 N–H and O–H groups in total. The summed E-state index contributed by atoms with van der Waals surface area (Å²) in [6.07, 6.45) is 1.36. The Morgan fingerprint density at radius 2 is 1.94 bits per heavy atom. The number of hydrogen-bond donors (Lipinski definition) is 1. The molecule has 1 amide bonds. The molecule has 1 aliphatic rings. The number of aromatic nitrogens is 1. The van der Waals surface area contributed by atoms with E-state index in [-0.39, 0.29) is 11.6 Å². The molecule has 0 bridgehead atoms. The van der Waals surface area contributed by atoms with E-state index in [4.69, 9.17) is 5.11 Å². The largest absolute Gasteiger partial charge is 0.477 e. The quantitative estimate of drug-likeness (QED) is 0.861. The van der Waals surface area contributed by atoms with Crippen molar-refractivity contribution in [2.45, 2.75) is 13.8 Å². The summed E-state index contributed by atoms with van der Waals surface area (Å²) in [5.41, 5.74) is 0.296. The van der Waals surface area contributed by atoms with E-state index in [1.165, 1.54) is 12.3 Å². The van der Waals surface area contributed by atoms with Gasteiger partial charge in [0.1, 0.15) is 5.69 Å². The molecule has 2 heterocycles. The van der Waals surface area contributed by atoms with Gasteiger partial charge in [0.2, 0.25) is 0 Å². The fraction of sp³-hybridized carbons (Fsp3) is 0.462. The number of aromatic carboxylic acids is 1. The maximum Gasteiger partial charge on any atom is 0.354 e. The van der Waals surface area contributed by atoms with Crippen molar-refractivity contribution in [1.82, 2.24) is 9.88 Å². The lowest BCUT2D eigenvalue weighted by Gasteiger charge is -2.16. The zero-order valence-electron chi connectivity index (χ0n) is 10.5. The minimum atomic E-state index is -1.12. The summed E-state index contributed by atoms with van der Waals surface area (Å²) in [6.45, 7) is 5.69. The number of hydrogen-bond acceptors (Lipinski definition) is 3. The van der Waals surface area contributed by atoms with Crippen LogP contribution >= 0.6 is 0 Å². The highest BCUT2D eigenvalue weighted by Gasteiger charge is 2.30. The molecule has 96 valence electrons. The highest BCUT2D eigenvalue weighted by atomic mass is 16.4. The molecule has 1 aromatic rings. The summed E-state index contributed by atoms with van der Waals surface area (Å²) in [6, 6.07) is 2.89. The summed E-state index contributed by atoms with van der Waals surface area (Å²) >= 11 is 0. The Hall–Kier alpha value is -1.91. The monoisotopic (exact) mass is 248 g/mol. The van der Waals surface area contributed by atoms with Crippen molar-refractivity contribution < 1.29 is 14.7 Å². The van der Waals surface area contributed by atoms with Gasteiger partial charge in [-0.15, -0.1) is 0 Å². The normalized spacial score (nSPS) is 23.1. The van der Waals surface area contributed by atoms with E-state index in [1.807, 2.05) is 0 Å². The van der Waals surface area contributed by atoms with Crippen molar-refractivity contribution in [2.24, 2.45) is 11.8 Å². The number of rotatable bonds is 2. The van der Waals surface area contributed by atoms with E-state index < -0.39 is 5.97 Å². The topological polar surface area (TPSA) is 70.5 Å². The van der Waals surface area contributed by atoms with Gasteiger partial charge in [-0.2, -0.15) is 0 Å². The Morgan fingerprint density at radius 1 is 1.33 bits per heavy atom. The molecule has 5 nitrogen and oxygen atoms in total. The predicted octanol–water partition coefficient (Wildman–Crippen LogP) is 1.51. The molecule has 0 aromatic carbocycles. The number of carboxylic acid groups (broad SMARTS) is 1. The minimum absolute atomic E-state index is 0.0962. The first-order valence-electron chi connectivity index (χ1n) is 5.97. The summed E-state index contributed by atoms with van der Waals surface area (Å²) < 4.78 is 0. The van der Waals surface area contributed by atoms with Crippen molar-refractivity contribution in [2.75, 3.05) is 13.1 Å². The number of carbonyl (C=O) groups excluding carboxylic acids is 1. The number of carboxylic acids is 1. The number of amides is 1. The van der Waals surface area contributed by atoms with Crippen LogP contribution in [0, 0.1) is 11.8 Å². The van der Waals surface area contributed by atoms with Crippen LogP contribution in [0.3, 0.4) is 0 Å². The molecule has 2 rings (SSSR count). The van der Waals surface area contributed by atoms with Gasteiger partial charge in [-0.1, -0.05) is 13.8 Å². The summed E-state index contributed by atoms with van der Waals surface area (Å²) in [5, 5.41) is 8.85. The Kier molecular flexibility index (Phi) is 3.32. The number of likely N-dealkylation sites (tertiary alicyclic amines) is 1.